The fourth-order valence-electron chi connectivity index (χ4n) is 2.06. The monoisotopic (exact) mass is 290 g/mol. The van der Waals surface area contributed by atoms with E-state index in [0.29, 0.717) is 19.5 Å². The molecule has 0 unspecified atom stereocenters. The highest BCUT2D eigenvalue weighted by atomic mass is 16.2. The molecule has 0 radical (unpaired) electrons. The van der Waals surface area contributed by atoms with Crippen LogP contribution in [-0.2, 0) is 16.0 Å². The van der Waals surface area contributed by atoms with E-state index in [1.54, 1.807) is 11.8 Å². The van der Waals surface area contributed by atoms with Crippen LogP contribution in [0.2, 0.25) is 0 Å². The first-order valence-electron chi connectivity index (χ1n) is 7.69. The van der Waals surface area contributed by atoms with Gasteiger partial charge in [0.1, 0.15) is 0 Å². The number of carbonyl (C=O) groups excluding carboxylic acids is 2. The van der Waals surface area contributed by atoms with Crippen molar-refractivity contribution in [1.82, 2.24) is 10.2 Å². The Hall–Kier alpha value is -1.84. The molecule has 0 aliphatic heterocycles. The van der Waals surface area contributed by atoms with Crippen molar-refractivity contribution < 1.29 is 9.59 Å². The normalized spacial score (nSPS) is 10.2. The van der Waals surface area contributed by atoms with E-state index >= 15 is 0 Å². The van der Waals surface area contributed by atoms with E-state index in [1.165, 1.54) is 5.56 Å². The van der Waals surface area contributed by atoms with E-state index in [9.17, 15) is 9.59 Å². The number of rotatable bonds is 9. The SMILES string of the molecule is CCCCNC(=O)CCN(CCc1ccccc1)C(C)=O. The molecular formula is C17H26N2O2. The Kier molecular flexibility index (Phi) is 8.17. The molecule has 0 aliphatic rings. The summed E-state index contributed by atoms with van der Waals surface area (Å²) in [5.41, 5.74) is 1.20. The van der Waals surface area contributed by atoms with Gasteiger partial charge in [0.05, 0.1) is 0 Å². The molecular weight excluding hydrogens is 264 g/mol. The van der Waals surface area contributed by atoms with Crippen LogP contribution in [0.3, 0.4) is 0 Å². The van der Waals surface area contributed by atoms with Crippen LogP contribution in [0.25, 0.3) is 0 Å². The number of amides is 2. The van der Waals surface area contributed by atoms with Gasteiger partial charge in [-0.1, -0.05) is 43.7 Å². The van der Waals surface area contributed by atoms with Gasteiger partial charge >= 0.3 is 0 Å². The lowest BCUT2D eigenvalue weighted by Crippen LogP contribution is -2.35. The second-order valence-corrected chi connectivity index (χ2v) is 5.20. The average molecular weight is 290 g/mol. The van der Waals surface area contributed by atoms with Gasteiger partial charge in [0, 0.05) is 33.0 Å². The molecule has 4 nitrogen and oxygen atoms in total. The molecule has 1 rings (SSSR count). The Morgan fingerprint density at radius 3 is 2.48 bits per heavy atom. The number of carbonyl (C=O) groups is 2. The predicted octanol–water partition coefficient (Wildman–Crippen LogP) is 2.38. The maximum absolute atomic E-state index is 11.7. The summed E-state index contributed by atoms with van der Waals surface area (Å²) in [6.45, 7) is 5.51. The van der Waals surface area contributed by atoms with E-state index in [-0.39, 0.29) is 11.8 Å². The van der Waals surface area contributed by atoms with E-state index in [2.05, 4.69) is 24.4 Å². The summed E-state index contributed by atoms with van der Waals surface area (Å²) >= 11 is 0. The Bertz CT molecular complexity index is 432. The summed E-state index contributed by atoms with van der Waals surface area (Å²) in [4.78, 5) is 25.0. The number of hydrogen-bond donors (Lipinski definition) is 1. The minimum Gasteiger partial charge on any atom is -0.356 e. The van der Waals surface area contributed by atoms with Gasteiger partial charge in [-0.05, 0) is 18.4 Å². The van der Waals surface area contributed by atoms with Crippen LogP contribution in [0.15, 0.2) is 30.3 Å². The molecule has 0 saturated heterocycles. The molecule has 116 valence electrons. The third-order valence-corrected chi connectivity index (χ3v) is 3.42. The molecule has 2 amide bonds. The molecule has 0 atom stereocenters. The van der Waals surface area contributed by atoms with Gasteiger partial charge < -0.3 is 10.2 Å². The summed E-state index contributed by atoms with van der Waals surface area (Å²) in [5, 5.41) is 2.87. The van der Waals surface area contributed by atoms with Gasteiger partial charge in [0.2, 0.25) is 11.8 Å². The molecule has 0 bridgehead atoms. The van der Waals surface area contributed by atoms with Crippen LogP contribution in [0.5, 0.6) is 0 Å². The Morgan fingerprint density at radius 2 is 1.86 bits per heavy atom. The van der Waals surface area contributed by atoms with Crippen molar-refractivity contribution in [3.8, 4) is 0 Å². The number of nitrogens with zero attached hydrogens (tertiary/aromatic N) is 1. The highest BCUT2D eigenvalue weighted by Gasteiger charge is 2.10. The fourth-order valence-corrected chi connectivity index (χ4v) is 2.06. The van der Waals surface area contributed by atoms with Crippen molar-refractivity contribution in [3.63, 3.8) is 0 Å². The second kappa shape index (κ2) is 9.97. The van der Waals surface area contributed by atoms with E-state index in [0.717, 1.165) is 25.8 Å². The topological polar surface area (TPSA) is 49.4 Å². The second-order valence-electron chi connectivity index (χ2n) is 5.20. The van der Waals surface area contributed by atoms with Gasteiger partial charge in [0.15, 0.2) is 0 Å². The quantitative estimate of drug-likeness (QED) is 0.710. The van der Waals surface area contributed by atoms with Gasteiger partial charge in [-0.2, -0.15) is 0 Å². The average Bonchev–Trinajstić information content (AvgIpc) is 2.48. The lowest BCUT2D eigenvalue weighted by atomic mass is 10.1. The molecule has 21 heavy (non-hydrogen) atoms. The van der Waals surface area contributed by atoms with Crippen molar-refractivity contribution in [2.75, 3.05) is 19.6 Å². The first-order chi connectivity index (χ1) is 10.1. The highest BCUT2D eigenvalue weighted by molar-refractivity contribution is 5.77. The molecule has 1 aromatic rings. The molecule has 0 aromatic heterocycles. The van der Waals surface area contributed by atoms with Gasteiger partial charge in [-0.3, -0.25) is 9.59 Å². The van der Waals surface area contributed by atoms with E-state index < -0.39 is 0 Å². The number of nitrogens with one attached hydrogen (secondary N) is 1. The van der Waals surface area contributed by atoms with Gasteiger partial charge in [-0.25, -0.2) is 0 Å². The number of benzene rings is 1. The molecule has 1 N–H and O–H groups in total. The smallest absolute Gasteiger partial charge is 0.221 e. The summed E-state index contributed by atoms with van der Waals surface area (Å²) in [5.74, 6) is 0.0432. The molecule has 1 aromatic carbocycles. The largest absolute Gasteiger partial charge is 0.356 e. The number of hydrogen-bond acceptors (Lipinski definition) is 2. The zero-order valence-electron chi connectivity index (χ0n) is 13.1. The third kappa shape index (κ3) is 7.49. The molecule has 0 aliphatic carbocycles. The Morgan fingerprint density at radius 1 is 1.14 bits per heavy atom. The minimum atomic E-state index is 0.0206. The molecule has 0 saturated carbocycles. The van der Waals surface area contributed by atoms with E-state index in [1.807, 2.05) is 18.2 Å². The Labute approximate surface area is 127 Å². The Balaban J connectivity index is 2.33. The van der Waals surface area contributed by atoms with Crippen LogP contribution in [-0.4, -0.2) is 36.3 Å². The van der Waals surface area contributed by atoms with Crippen molar-refractivity contribution in [2.24, 2.45) is 0 Å². The zero-order valence-corrected chi connectivity index (χ0v) is 13.1. The maximum Gasteiger partial charge on any atom is 0.221 e. The van der Waals surface area contributed by atoms with Crippen molar-refractivity contribution in [1.29, 1.82) is 0 Å². The highest BCUT2D eigenvalue weighted by Crippen LogP contribution is 2.02. The van der Waals surface area contributed by atoms with Crippen LogP contribution in [0.1, 0.15) is 38.7 Å². The summed E-state index contributed by atoms with van der Waals surface area (Å²) in [6.07, 6.45) is 3.25. The van der Waals surface area contributed by atoms with Gasteiger partial charge in [0.25, 0.3) is 0 Å². The van der Waals surface area contributed by atoms with E-state index in [4.69, 9.17) is 0 Å². The first kappa shape index (κ1) is 17.2. The van der Waals surface area contributed by atoms with Gasteiger partial charge in [-0.15, -0.1) is 0 Å². The lowest BCUT2D eigenvalue weighted by molar-refractivity contribution is -0.129. The molecule has 0 heterocycles. The maximum atomic E-state index is 11.7. The van der Waals surface area contributed by atoms with Crippen LogP contribution < -0.4 is 5.32 Å². The molecule has 0 spiro atoms. The van der Waals surface area contributed by atoms with Crippen LogP contribution in [0, 0.1) is 0 Å². The summed E-state index contributed by atoms with van der Waals surface area (Å²) in [7, 11) is 0. The third-order valence-electron chi connectivity index (χ3n) is 3.42. The molecule has 4 heteroatoms. The first-order valence-corrected chi connectivity index (χ1v) is 7.69. The number of unbranched alkanes of at least 4 members (excludes halogenated alkanes) is 1. The zero-order chi connectivity index (χ0) is 15.5. The summed E-state index contributed by atoms with van der Waals surface area (Å²) in [6, 6.07) is 10.1. The summed E-state index contributed by atoms with van der Waals surface area (Å²) < 4.78 is 0. The lowest BCUT2D eigenvalue weighted by Gasteiger charge is -2.20. The van der Waals surface area contributed by atoms with Crippen molar-refractivity contribution in [3.05, 3.63) is 35.9 Å². The standard InChI is InChI=1S/C17H26N2O2/c1-3-4-12-18-17(21)11-14-19(15(2)20)13-10-16-8-6-5-7-9-16/h5-9H,3-4,10-14H2,1-2H3,(H,18,21). The predicted molar refractivity (Wildman–Crippen MR) is 84.9 cm³/mol. The minimum absolute atomic E-state index is 0.0206. The van der Waals surface area contributed by atoms with Crippen LogP contribution in [0.4, 0.5) is 0 Å². The van der Waals surface area contributed by atoms with Crippen LogP contribution >= 0.6 is 0 Å². The molecule has 0 fully saturated rings. The fraction of sp³-hybridized carbons (Fsp3) is 0.529. The van der Waals surface area contributed by atoms with Crippen molar-refractivity contribution >= 4 is 11.8 Å². The van der Waals surface area contributed by atoms with Crippen molar-refractivity contribution in [2.45, 2.75) is 39.5 Å².